The van der Waals surface area contributed by atoms with Crippen LogP contribution in [0.15, 0.2) is 0 Å². The lowest BCUT2D eigenvalue weighted by Gasteiger charge is -2.07. The number of rotatable bonds is 5. The number of hydrogen-bond donors (Lipinski definition) is 2. The van der Waals surface area contributed by atoms with Crippen molar-refractivity contribution in [3.8, 4) is 0 Å². The Kier molecular flexibility index (Phi) is 6.54. The van der Waals surface area contributed by atoms with E-state index in [2.05, 4.69) is 0 Å². The Morgan fingerprint density at radius 2 is 1.20 bits per heavy atom. The molecule has 0 aromatic rings. The summed E-state index contributed by atoms with van der Waals surface area (Å²) in [5.74, 6) is 0. The summed E-state index contributed by atoms with van der Waals surface area (Å²) in [5, 5.41) is 16.5. The molecule has 0 aromatic carbocycles. The maximum Gasteiger partial charge on any atom is 0.0595 e. The van der Waals surface area contributed by atoms with E-state index in [1.165, 1.54) is 0 Å². The van der Waals surface area contributed by atoms with Gasteiger partial charge in [-0.1, -0.05) is 0 Å². The van der Waals surface area contributed by atoms with Crippen LogP contribution < -0.4 is 0 Å². The lowest BCUT2D eigenvalue weighted by molar-refractivity contribution is 0.270. The molecule has 0 rings (SSSR count). The quantitative estimate of drug-likeness (QED) is 0.629. The Morgan fingerprint density at radius 1 is 0.900 bits per heavy atom. The highest BCUT2D eigenvalue weighted by Gasteiger charge is 2.06. The van der Waals surface area contributed by atoms with Gasteiger partial charge < -0.3 is 10.2 Å². The van der Waals surface area contributed by atoms with E-state index in [0.717, 1.165) is 0 Å². The Hall–Kier alpha value is 0.500. The first-order chi connectivity index (χ1) is 4.70. The van der Waals surface area contributed by atoms with Gasteiger partial charge in [-0.05, 0) is 12.8 Å². The monoisotopic (exact) mass is 186 g/mol. The van der Waals surface area contributed by atoms with Crippen LogP contribution in [0.4, 0.5) is 0 Å². The van der Waals surface area contributed by atoms with Crippen LogP contribution in [0.5, 0.6) is 0 Å². The molecule has 0 aliphatic rings. The average molecular weight is 187 g/mol. The summed E-state index contributed by atoms with van der Waals surface area (Å²) in [6.07, 6.45) is 1.29. The molecule has 0 fully saturated rings. The van der Waals surface area contributed by atoms with Crippen LogP contribution in [0, 0.1) is 0 Å². The third-order valence-corrected chi connectivity index (χ3v) is 1.90. The zero-order valence-electron chi connectivity index (χ0n) is 5.63. The van der Waals surface area contributed by atoms with Crippen LogP contribution in [0.2, 0.25) is 0 Å². The highest BCUT2D eigenvalue weighted by atomic mass is 35.5. The molecule has 2 unspecified atom stereocenters. The zero-order chi connectivity index (χ0) is 7.98. The molecule has 62 valence electrons. The number of hydrogen-bond acceptors (Lipinski definition) is 2. The highest BCUT2D eigenvalue weighted by molar-refractivity contribution is 6.21. The van der Waals surface area contributed by atoms with Crippen molar-refractivity contribution in [1.29, 1.82) is 0 Å². The standard InChI is InChI=1S/C6H12Cl2O2/c7-5(3-9)1-2-6(8)4-10/h5-6,9-10H,1-4H2. The van der Waals surface area contributed by atoms with Crippen molar-refractivity contribution in [2.75, 3.05) is 13.2 Å². The molecule has 0 aromatic heterocycles. The summed E-state index contributed by atoms with van der Waals surface area (Å²) < 4.78 is 0. The van der Waals surface area contributed by atoms with E-state index in [0.29, 0.717) is 12.8 Å². The zero-order valence-corrected chi connectivity index (χ0v) is 7.15. The van der Waals surface area contributed by atoms with E-state index in [1.807, 2.05) is 0 Å². The lowest BCUT2D eigenvalue weighted by atomic mass is 10.2. The van der Waals surface area contributed by atoms with Gasteiger partial charge in [0.25, 0.3) is 0 Å². The van der Waals surface area contributed by atoms with Crippen molar-refractivity contribution in [1.82, 2.24) is 0 Å². The molecule has 2 nitrogen and oxygen atoms in total. The Bertz CT molecular complexity index is 70.1. The van der Waals surface area contributed by atoms with E-state index < -0.39 is 0 Å². The predicted molar refractivity (Wildman–Crippen MR) is 42.7 cm³/mol. The summed E-state index contributed by atoms with van der Waals surface area (Å²) in [4.78, 5) is 0. The fourth-order valence-corrected chi connectivity index (χ4v) is 0.796. The van der Waals surface area contributed by atoms with Gasteiger partial charge in [0.15, 0.2) is 0 Å². The molecular formula is C6H12Cl2O2. The van der Waals surface area contributed by atoms with Gasteiger partial charge in [0.2, 0.25) is 0 Å². The summed E-state index contributed by atoms with van der Waals surface area (Å²) in [6, 6.07) is 0. The minimum absolute atomic E-state index is 0.0312. The first-order valence-corrected chi connectivity index (χ1v) is 4.07. The molecule has 0 aliphatic heterocycles. The first-order valence-electron chi connectivity index (χ1n) is 3.20. The van der Waals surface area contributed by atoms with Crippen molar-refractivity contribution >= 4 is 23.2 Å². The third kappa shape index (κ3) is 5.30. The van der Waals surface area contributed by atoms with Crippen LogP contribution >= 0.6 is 23.2 Å². The highest BCUT2D eigenvalue weighted by Crippen LogP contribution is 2.10. The average Bonchev–Trinajstić information content (AvgIpc) is 1.99. The van der Waals surface area contributed by atoms with Gasteiger partial charge in [0.05, 0.1) is 24.0 Å². The van der Waals surface area contributed by atoms with Gasteiger partial charge in [-0.15, -0.1) is 23.2 Å². The fourth-order valence-electron chi connectivity index (χ4n) is 0.544. The Balaban J connectivity index is 3.17. The maximum absolute atomic E-state index is 8.48. The Labute approximate surface area is 70.8 Å². The van der Waals surface area contributed by atoms with Crippen molar-refractivity contribution in [3.05, 3.63) is 0 Å². The van der Waals surface area contributed by atoms with Gasteiger partial charge in [-0.3, -0.25) is 0 Å². The SMILES string of the molecule is OCC(Cl)CCC(Cl)CO. The van der Waals surface area contributed by atoms with Crippen molar-refractivity contribution < 1.29 is 10.2 Å². The molecule has 0 amide bonds. The fraction of sp³-hybridized carbons (Fsp3) is 1.00. The second kappa shape index (κ2) is 6.23. The molecule has 0 spiro atoms. The van der Waals surface area contributed by atoms with Crippen LogP contribution in [0.25, 0.3) is 0 Å². The van der Waals surface area contributed by atoms with Gasteiger partial charge in [-0.2, -0.15) is 0 Å². The van der Waals surface area contributed by atoms with Gasteiger partial charge in [0, 0.05) is 0 Å². The molecule has 0 heterocycles. The lowest BCUT2D eigenvalue weighted by Crippen LogP contribution is -2.10. The largest absolute Gasteiger partial charge is 0.395 e. The van der Waals surface area contributed by atoms with E-state index in [1.54, 1.807) is 0 Å². The number of aliphatic hydroxyl groups excluding tert-OH is 2. The van der Waals surface area contributed by atoms with Gasteiger partial charge in [-0.25, -0.2) is 0 Å². The summed E-state index contributed by atoms with van der Waals surface area (Å²) in [7, 11) is 0. The van der Waals surface area contributed by atoms with Gasteiger partial charge in [0.1, 0.15) is 0 Å². The van der Waals surface area contributed by atoms with E-state index in [4.69, 9.17) is 33.4 Å². The summed E-state index contributed by atoms with van der Waals surface area (Å²) in [6.45, 7) is -0.0623. The molecule has 4 heteroatoms. The maximum atomic E-state index is 8.48. The van der Waals surface area contributed by atoms with Crippen molar-refractivity contribution in [2.45, 2.75) is 23.6 Å². The molecule has 0 saturated heterocycles. The molecule has 0 bridgehead atoms. The molecule has 2 atom stereocenters. The smallest absolute Gasteiger partial charge is 0.0595 e. The van der Waals surface area contributed by atoms with Crippen LogP contribution in [0.3, 0.4) is 0 Å². The molecule has 0 aliphatic carbocycles. The first kappa shape index (κ1) is 10.5. The van der Waals surface area contributed by atoms with Crippen molar-refractivity contribution in [2.24, 2.45) is 0 Å². The third-order valence-electron chi connectivity index (χ3n) is 1.19. The van der Waals surface area contributed by atoms with Crippen LogP contribution in [0.1, 0.15) is 12.8 Å². The van der Waals surface area contributed by atoms with Gasteiger partial charge >= 0.3 is 0 Å². The summed E-state index contributed by atoms with van der Waals surface area (Å²) in [5.41, 5.74) is 0. The molecule has 0 radical (unpaired) electrons. The normalized spacial score (nSPS) is 16.8. The molecule has 10 heavy (non-hydrogen) atoms. The molecular weight excluding hydrogens is 175 g/mol. The van der Waals surface area contributed by atoms with Crippen molar-refractivity contribution in [3.63, 3.8) is 0 Å². The number of alkyl halides is 2. The summed E-state index contributed by atoms with van der Waals surface area (Å²) >= 11 is 11.2. The van der Waals surface area contributed by atoms with E-state index in [-0.39, 0.29) is 24.0 Å². The molecule has 2 N–H and O–H groups in total. The van der Waals surface area contributed by atoms with E-state index >= 15 is 0 Å². The second-order valence-electron chi connectivity index (χ2n) is 2.14. The number of halogens is 2. The minimum atomic E-state index is -0.229. The predicted octanol–water partition coefficient (Wildman–Crippen LogP) is 0.966. The van der Waals surface area contributed by atoms with Crippen LogP contribution in [-0.2, 0) is 0 Å². The second-order valence-corrected chi connectivity index (χ2v) is 3.37. The minimum Gasteiger partial charge on any atom is -0.395 e. The topological polar surface area (TPSA) is 40.5 Å². The number of aliphatic hydroxyl groups is 2. The Morgan fingerprint density at radius 3 is 1.40 bits per heavy atom. The van der Waals surface area contributed by atoms with E-state index in [9.17, 15) is 0 Å². The molecule has 0 saturated carbocycles. The van der Waals surface area contributed by atoms with Crippen LogP contribution in [-0.4, -0.2) is 34.2 Å².